The van der Waals surface area contributed by atoms with Crippen LogP contribution < -0.4 is 4.90 Å². The molecule has 0 radical (unpaired) electrons. The molecule has 4 heteroatoms. The molecule has 0 N–H and O–H groups in total. The van der Waals surface area contributed by atoms with Crippen LogP contribution in [0, 0.1) is 0 Å². The molecule has 18 aromatic carbocycles. The van der Waals surface area contributed by atoms with Gasteiger partial charge < -0.3 is 14.0 Å². The van der Waals surface area contributed by atoms with E-state index in [0.717, 1.165) is 28.0 Å². The van der Waals surface area contributed by atoms with Gasteiger partial charge in [0.1, 0.15) is 0 Å². The van der Waals surface area contributed by atoms with Crippen LogP contribution in [0.3, 0.4) is 0 Å². The number of halogens is 1. The highest BCUT2D eigenvalue weighted by Gasteiger charge is 2.48. The Morgan fingerprint density at radius 2 is 0.586 bits per heavy atom. The first kappa shape index (κ1) is 66.8. The van der Waals surface area contributed by atoms with E-state index in [1.165, 1.54) is 154 Å². The summed E-state index contributed by atoms with van der Waals surface area (Å²) in [7, 11) is 0. The summed E-state index contributed by atoms with van der Waals surface area (Å²) < 4.78 is 5.92. The lowest BCUT2D eigenvalue weighted by molar-refractivity contribution is 0.767. The Hall–Kier alpha value is -13.6. The molecule has 2 aliphatic rings. The number of hydrogen-bond donors (Lipinski definition) is 0. The predicted octanol–water partition coefficient (Wildman–Crippen LogP) is 28.1. The highest BCUT2D eigenvalue weighted by Crippen LogP contribution is 2.59. The number of anilines is 3. The number of aromatic nitrogens is 2. The summed E-state index contributed by atoms with van der Waals surface area (Å²) in [5, 5.41) is 10.0. The Balaban J connectivity index is 0.000000121. The first-order chi connectivity index (χ1) is 55.0. The Morgan fingerprint density at radius 1 is 0.225 bits per heavy atom. The SMILES string of the molecule is Brc1ccc2c3ccccc3n(-c3cccc4ccccc34)c2c1.c1ccc(Cc2ccc3c(c2)C(c2ccccc2)(c2ccccc2)c2ccccc2-3)cc1.c1ccc(N(c2ccc3c(c2)C(c2ccccc2)(c2ccccc2)c2ccccc2-3)c2ccc3c4ccccc4n(-c4cccc5ccccc45)c3c2)cc1. The van der Waals surface area contributed by atoms with Crippen molar-refractivity contribution in [3.63, 3.8) is 0 Å². The molecule has 2 heterocycles. The second-order valence-electron chi connectivity index (χ2n) is 29.1. The molecule has 0 saturated carbocycles. The van der Waals surface area contributed by atoms with Crippen molar-refractivity contribution in [2.75, 3.05) is 4.90 Å². The maximum atomic E-state index is 3.63. The second kappa shape index (κ2) is 28.2. The van der Waals surface area contributed by atoms with Crippen molar-refractivity contribution in [1.29, 1.82) is 0 Å². The first-order valence-corrected chi connectivity index (χ1v) is 39.1. The third-order valence-corrected chi connectivity index (χ3v) is 23.5. The van der Waals surface area contributed by atoms with Gasteiger partial charge in [0, 0.05) is 53.9 Å². The zero-order valence-corrected chi connectivity index (χ0v) is 62.6. The minimum Gasteiger partial charge on any atom is -0.310 e. The lowest BCUT2D eigenvalue weighted by Crippen LogP contribution is -2.28. The number of hydrogen-bond acceptors (Lipinski definition) is 1. The fraction of sp³-hybridized carbons (Fsp3) is 0.0280. The molecule has 111 heavy (non-hydrogen) atoms. The van der Waals surface area contributed by atoms with Gasteiger partial charge in [-0.3, -0.25) is 0 Å². The zero-order valence-electron chi connectivity index (χ0n) is 61.0. The molecular weight excluding hydrogens is 1410 g/mol. The summed E-state index contributed by atoms with van der Waals surface area (Å²) >= 11 is 3.63. The number of benzene rings is 18. The lowest BCUT2D eigenvalue weighted by atomic mass is 9.67. The van der Waals surface area contributed by atoms with Crippen LogP contribution in [0.15, 0.2) is 441 Å². The monoisotopic (exact) mass is 1480 g/mol. The highest BCUT2D eigenvalue weighted by atomic mass is 79.9. The van der Waals surface area contributed by atoms with Crippen molar-refractivity contribution >= 4 is 98.1 Å². The van der Waals surface area contributed by atoms with Crippen molar-refractivity contribution in [2.24, 2.45) is 0 Å². The molecule has 20 aromatic rings. The van der Waals surface area contributed by atoms with Gasteiger partial charge >= 0.3 is 0 Å². The van der Waals surface area contributed by atoms with Crippen molar-refractivity contribution in [3.8, 4) is 33.6 Å². The average Bonchev–Trinajstić information content (AvgIpc) is 1.55. The standard InChI is InChI=1S/C53H36N2.C32H24.C22H14BrN/c1-4-19-38(20-5-1)53(39-21-6-2-7-22-39)48-28-14-12-26-44(48)45-33-31-41(35-49(45)53)54(40-23-8-3-9-24-40)42-32-34-47-46-27-13-15-29-51(46)55(52(47)36-42)50-30-16-18-37-17-10-11-25-43(37)50;1-4-12-24(13-5-1)22-25-20-21-29-28-18-10-11-19-30(28)32(31(29)23-25,26-14-6-2-7-15-26)27-16-8-3-9-17-27;23-16-12-13-19-18-9-3-4-10-21(18)24(22(19)14-16)20-11-5-7-15-6-1-2-8-17(15)20/h1-36H;1-21,23H,22H2;1-14H. The molecule has 2 aromatic heterocycles. The molecule has 524 valence electrons. The van der Waals surface area contributed by atoms with E-state index in [4.69, 9.17) is 0 Å². The Morgan fingerprint density at radius 3 is 1.10 bits per heavy atom. The number of rotatable bonds is 11. The number of fused-ring (bicyclic) bond motifs is 14. The van der Waals surface area contributed by atoms with Crippen LogP contribution in [-0.2, 0) is 17.3 Å². The number of para-hydroxylation sites is 3. The highest BCUT2D eigenvalue weighted by molar-refractivity contribution is 9.10. The summed E-state index contributed by atoms with van der Waals surface area (Å²) in [4.78, 5) is 2.43. The third-order valence-electron chi connectivity index (χ3n) is 23.1. The summed E-state index contributed by atoms with van der Waals surface area (Å²) in [6, 6.07) is 159. The topological polar surface area (TPSA) is 13.1 Å². The minimum atomic E-state index is -0.489. The molecule has 0 unspecified atom stereocenters. The van der Waals surface area contributed by atoms with Crippen LogP contribution in [-0.4, -0.2) is 9.13 Å². The Labute approximate surface area is 655 Å². The summed E-state index contributed by atoms with van der Waals surface area (Å²) in [6.45, 7) is 0. The van der Waals surface area contributed by atoms with Crippen molar-refractivity contribution in [3.05, 3.63) is 497 Å². The van der Waals surface area contributed by atoms with Crippen molar-refractivity contribution < 1.29 is 0 Å². The quantitative estimate of drug-likeness (QED) is 0.126. The molecule has 3 nitrogen and oxygen atoms in total. The van der Waals surface area contributed by atoms with Crippen LogP contribution >= 0.6 is 15.9 Å². The molecule has 0 bridgehead atoms. The van der Waals surface area contributed by atoms with E-state index in [9.17, 15) is 0 Å². The van der Waals surface area contributed by atoms with Gasteiger partial charge in [-0.1, -0.05) is 380 Å². The van der Waals surface area contributed by atoms with Gasteiger partial charge in [-0.2, -0.15) is 0 Å². The normalized spacial score (nSPS) is 12.7. The maximum Gasteiger partial charge on any atom is 0.0714 e. The van der Waals surface area contributed by atoms with Gasteiger partial charge in [0.2, 0.25) is 0 Å². The summed E-state index contributed by atoms with van der Waals surface area (Å²) in [5.74, 6) is 0. The van der Waals surface area contributed by atoms with Gasteiger partial charge in [0.25, 0.3) is 0 Å². The van der Waals surface area contributed by atoms with E-state index in [1.807, 2.05) is 0 Å². The van der Waals surface area contributed by atoms with E-state index in [-0.39, 0.29) is 5.41 Å². The lowest BCUT2D eigenvalue weighted by Gasteiger charge is -2.35. The molecule has 0 spiro atoms. The fourth-order valence-corrected chi connectivity index (χ4v) is 18.7. The first-order valence-electron chi connectivity index (χ1n) is 38.3. The third kappa shape index (κ3) is 11.2. The van der Waals surface area contributed by atoms with Crippen LogP contribution in [0.25, 0.3) is 98.8 Å². The Bertz CT molecular complexity index is 6780. The van der Waals surface area contributed by atoms with Gasteiger partial charge in [-0.05, 0) is 168 Å². The molecule has 0 aliphatic heterocycles. The minimum absolute atomic E-state index is 0.318. The van der Waals surface area contributed by atoms with E-state index < -0.39 is 5.41 Å². The molecular formula is C107H74BrN3. The Kier molecular flexibility index (Phi) is 16.9. The van der Waals surface area contributed by atoms with Crippen LogP contribution in [0.5, 0.6) is 0 Å². The van der Waals surface area contributed by atoms with Gasteiger partial charge in [0.05, 0.1) is 44.3 Å². The van der Waals surface area contributed by atoms with E-state index in [0.29, 0.717) is 0 Å². The largest absolute Gasteiger partial charge is 0.310 e. The van der Waals surface area contributed by atoms with E-state index >= 15 is 0 Å². The van der Waals surface area contributed by atoms with Gasteiger partial charge in [0.15, 0.2) is 0 Å². The maximum absolute atomic E-state index is 3.63. The molecule has 2 aliphatic carbocycles. The summed E-state index contributed by atoms with van der Waals surface area (Å²) in [5.41, 5.74) is 28.1. The smallest absolute Gasteiger partial charge is 0.0714 e. The van der Waals surface area contributed by atoms with Crippen molar-refractivity contribution in [1.82, 2.24) is 9.13 Å². The fourth-order valence-electron chi connectivity index (χ4n) is 18.4. The average molecular weight is 1480 g/mol. The predicted molar refractivity (Wildman–Crippen MR) is 469 cm³/mol. The zero-order chi connectivity index (χ0) is 73.8. The van der Waals surface area contributed by atoms with E-state index in [1.54, 1.807) is 0 Å². The molecule has 0 amide bonds. The second-order valence-corrected chi connectivity index (χ2v) is 30.0. The van der Waals surface area contributed by atoms with Crippen LogP contribution in [0.4, 0.5) is 17.1 Å². The molecule has 0 fully saturated rings. The van der Waals surface area contributed by atoms with Crippen molar-refractivity contribution in [2.45, 2.75) is 17.3 Å². The van der Waals surface area contributed by atoms with Gasteiger partial charge in [-0.15, -0.1) is 0 Å². The van der Waals surface area contributed by atoms with Gasteiger partial charge in [-0.25, -0.2) is 0 Å². The van der Waals surface area contributed by atoms with Crippen LogP contribution in [0.1, 0.15) is 55.6 Å². The summed E-state index contributed by atoms with van der Waals surface area (Å²) in [6.07, 6.45) is 0.935. The number of nitrogens with zero attached hydrogens (tertiary/aromatic N) is 3. The molecule has 0 atom stereocenters. The molecule has 22 rings (SSSR count). The molecule has 0 saturated heterocycles. The van der Waals surface area contributed by atoms with E-state index in [2.05, 4.69) is 467 Å². The van der Waals surface area contributed by atoms with Crippen LogP contribution in [0.2, 0.25) is 0 Å².